The predicted octanol–water partition coefficient (Wildman–Crippen LogP) is 6.05. The van der Waals surface area contributed by atoms with Crippen LogP contribution in [-0.2, 0) is 4.79 Å². The van der Waals surface area contributed by atoms with E-state index in [4.69, 9.17) is 15.9 Å². The van der Waals surface area contributed by atoms with Gasteiger partial charge in [-0.3, -0.25) is 5.41 Å². The minimum absolute atomic E-state index is 0.0431. The number of aromatic hydroxyl groups is 1. The SMILES string of the molecule is N=C1C=CN(c2ccc(C3CCN(C4CCN(c5ccc(NC(C=O)CCO)cc5F)CC4)CC3)cc2)/C1=C/C(=N)c1ccccc1O. The van der Waals surface area contributed by atoms with Crippen LogP contribution in [-0.4, -0.2) is 77.7 Å². The number of para-hydroxylation sites is 1. The van der Waals surface area contributed by atoms with Gasteiger partial charge in [0, 0.05) is 48.9 Å². The van der Waals surface area contributed by atoms with Crippen LogP contribution in [0.2, 0.25) is 0 Å². The van der Waals surface area contributed by atoms with E-state index in [1.54, 1.807) is 48.6 Å². The average Bonchev–Trinajstić information content (AvgIpc) is 3.47. The summed E-state index contributed by atoms with van der Waals surface area (Å²) in [4.78, 5) is 17.8. The number of carbonyl (C=O) groups excluding carboxylic acids is 1. The van der Waals surface area contributed by atoms with E-state index < -0.39 is 6.04 Å². The van der Waals surface area contributed by atoms with Crippen molar-refractivity contribution in [3.8, 4) is 5.75 Å². The highest BCUT2D eigenvalue weighted by atomic mass is 19.1. The van der Waals surface area contributed by atoms with Crippen LogP contribution < -0.4 is 15.1 Å². The summed E-state index contributed by atoms with van der Waals surface area (Å²) in [6.07, 6.45) is 10.3. The zero-order chi connectivity index (χ0) is 33.6. The third-order valence-electron chi connectivity index (χ3n) is 9.80. The number of phenolic OH excluding ortho intramolecular Hbond substituents is 1. The first-order valence-corrected chi connectivity index (χ1v) is 16.7. The number of aliphatic hydroxyl groups excluding tert-OH is 1. The molecule has 3 aliphatic rings. The maximum atomic E-state index is 15.0. The molecule has 3 aromatic rings. The van der Waals surface area contributed by atoms with Gasteiger partial charge >= 0.3 is 0 Å². The summed E-state index contributed by atoms with van der Waals surface area (Å²) in [7, 11) is 0. The number of nitrogens with one attached hydrogen (secondary N) is 3. The van der Waals surface area contributed by atoms with Gasteiger partial charge in [0.15, 0.2) is 0 Å². The van der Waals surface area contributed by atoms with E-state index in [9.17, 15) is 9.90 Å². The summed E-state index contributed by atoms with van der Waals surface area (Å²) in [6, 6.07) is 20.2. The summed E-state index contributed by atoms with van der Waals surface area (Å²) in [6.45, 7) is 3.54. The molecule has 1 unspecified atom stereocenters. The number of hydrogen-bond donors (Lipinski definition) is 5. The smallest absolute Gasteiger partial charge is 0.148 e. The molecule has 0 aliphatic carbocycles. The van der Waals surface area contributed by atoms with Gasteiger partial charge in [-0.2, -0.15) is 0 Å². The Hall–Kier alpha value is -4.80. The summed E-state index contributed by atoms with van der Waals surface area (Å²) in [5, 5.41) is 39.2. The lowest BCUT2D eigenvalue weighted by atomic mass is 9.88. The van der Waals surface area contributed by atoms with Crippen LogP contribution in [0.3, 0.4) is 0 Å². The number of aldehydes is 1. The number of rotatable bonds is 11. The molecule has 0 bridgehead atoms. The normalized spacial score (nSPS) is 19.2. The van der Waals surface area contributed by atoms with E-state index in [1.165, 1.54) is 11.6 Å². The molecular weight excluding hydrogens is 607 g/mol. The number of carbonyl (C=O) groups is 1. The van der Waals surface area contributed by atoms with Crippen LogP contribution in [0.1, 0.15) is 49.1 Å². The number of nitrogens with zero attached hydrogens (tertiary/aromatic N) is 3. The maximum absolute atomic E-state index is 15.0. The highest BCUT2D eigenvalue weighted by Gasteiger charge is 2.30. The molecule has 10 heteroatoms. The highest BCUT2D eigenvalue weighted by Crippen LogP contribution is 2.34. The van der Waals surface area contributed by atoms with Crippen molar-refractivity contribution in [1.29, 1.82) is 10.8 Å². The monoisotopic (exact) mass is 650 g/mol. The Kier molecular flexibility index (Phi) is 10.3. The van der Waals surface area contributed by atoms with Gasteiger partial charge in [0.1, 0.15) is 17.9 Å². The van der Waals surface area contributed by atoms with Crippen molar-refractivity contribution >= 4 is 34.8 Å². The van der Waals surface area contributed by atoms with Crippen molar-refractivity contribution in [2.45, 2.75) is 50.1 Å². The molecule has 250 valence electrons. The first kappa shape index (κ1) is 33.1. The molecule has 5 N–H and O–H groups in total. The molecule has 0 saturated carbocycles. The lowest BCUT2D eigenvalue weighted by Crippen LogP contribution is -2.47. The molecule has 0 spiro atoms. The predicted molar refractivity (Wildman–Crippen MR) is 189 cm³/mol. The van der Waals surface area contributed by atoms with E-state index in [0.717, 1.165) is 63.8 Å². The molecule has 48 heavy (non-hydrogen) atoms. The fraction of sp³-hybridized carbons (Fsp3) is 0.342. The average molecular weight is 651 g/mol. The van der Waals surface area contributed by atoms with Gasteiger partial charge < -0.3 is 40.4 Å². The number of phenols is 1. The fourth-order valence-electron chi connectivity index (χ4n) is 7.09. The molecule has 6 rings (SSSR count). The standard InChI is InChI=1S/C38H43FN6O3/c39-33-23-28(42-29(25-47)16-22-46)7-10-36(33)44-19-13-30(14-20-44)43-17-11-27(12-18-43)26-5-8-31(9-6-26)45-21-15-34(40)37(45)24-35(41)32-3-1-2-4-38(32)48/h1-10,15,21,23-25,27,29-30,40-42,46,48H,11-14,16-20,22H2/b37-24+,40-34?,41-35?. The fourth-order valence-corrected chi connectivity index (χ4v) is 7.09. The summed E-state index contributed by atoms with van der Waals surface area (Å²) in [5.74, 6) is 0.211. The van der Waals surface area contributed by atoms with E-state index in [2.05, 4.69) is 39.4 Å². The Morgan fingerprint density at radius 1 is 1.00 bits per heavy atom. The Morgan fingerprint density at radius 2 is 1.73 bits per heavy atom. The molecule has 9 nitrogen and oxygen atoms in total. The van der Waals surface area contributed by atoms with Crippen molar-refractivity contribution in [2.24, 2.45) is 0 Å². The van der Waals surface area contributed by atoms with Gasteiger partial charge in [-0.05, 0) is 111 Å². The van der Waals surface area contributed by atoms with Gasteiger partial charge in [-0.1, -0.05) is 24.3 Å². The quantitative estimate of drug-likeness (QED) is 0.126. The Morgan fingerprint density at radius 3 is 2.40 bits per heavy atom. The van der Waals surface area contributed by atoms with Gasteiger partial charge in [0.05, 0.1) is 28.8 Å². The third kappa shape index (κ3) is 7.35. The number of piperidine rings is 2. The zero-order valence-corrected chi connectivity index (χ0v) is 27.0. The molecule has 3 aromatic carbocycles. The molecule has 0 aromatic heterocycles. The highest BCUT2D eigenvalue weighted by molar-refractivity contribution is 6.19. The zero-order valence-electron chi connectivity index (χ0n) is 27.0. The van der Waals surface area contributed by atoms with E-state index in [-0.39, 0.29) is 30.3 Å². The van der Waals surface area contributed by atoms with Crippen LogP contribution in [0.15, 0.2) is 90.8 Å². The van der Waals surface area contributed by atoms with Crippen LogP contribution >= 0.6 is 0 Å². The molecule has 0 amide bonds. The van der Waals surface area contributed by atoms with Gasteiger partial charge in [0.2, 0.25) is 0 Å². The number of hydrogen-bond acceptors (Lipinski definition) is 9. The largest absolute Gasteiger partial charge is 0.507 e. The maximum Gasteiger partial charge on any atom is 0.148 e. The number of likely N-dealkylation sites (tertiary alicyclic amines) is 1. The molecule has 2 fully saturated rings. The lowest BCUT2D eigenvalue weighted by molar-refractivity contribution is -0.108. The second-order valence-corrected chi connectivity index (χ2v) is 12.7. The summed E-state index contributed by atoms with van der Waals surface area (Å²) < 4.78 is 15.0. The lowest BCUT2D eigenvalue weighted by Gasteiger charge is -2.42. The molecule has 1 atom stereocenters. The number of allylic oxidation sites excluding steroid dienone is 2. The minimum atomic E-state index is -0.543. The topological polar surface area (TPSA) is 127 Å². The number of benzene rings is 3. The number of halogens is 1. The summed E-state index contributed by atoms with van der Waals surface area (Å²) in [5.41, 5.74) is 4.83. The van der Waals surface area contributed by atoms with E-state index in [0.29, 0.717) is 40.3 Å². The van der Waals surface area contributed by atoms with E-state index in [1.807, 2.05) is 11.1 Å². The Balaban J connectivity index is 1.01. The third-order valence-corrected chi connectivity index (χ3v) is 9.80. The van der Waals surface area contributed by atoms with Crippen LogP contribution in [0.4, 0.5) is 21.5 Å². The first-order valence-electron chi connectivity index (χ1n) is 16.7. The molecular formula is C38H43FN6O3. The van der Waals surface area contributed by atoms with Crippen molar-refractivity contribution in [3.05, 3.63) is 108 Å². The molecule has 3 aliphatic heterocycles. The second-order valence-electron chi connectivity index (χ2n) is 12.7. The van der Waals surface area contributed by atoms with Crippen LogP contribution in [0, 0.1) is 16.6 Å². The number of anilines is 3. The van der Waals surface area contributed by atoms with Crippen molar-refractivity contribution in [2.75, 3.05) is 47.9 Å². The molecule has 3 heterocycles. The molecule has 2 saturated heterocycles. The Bertz CT molecular complexity index is 1690. The minimum Gasteiger partial charge on any atom is -0.507 e. The van der Waals surface area contributed by atoms with Gasteiger partial charge in [-0.15, -0.1) is 0 Å². The second kappa shape index (κ2) is 15.0. The number of aliphatic hydroxyl groups is 1. The van der Waals surface area contributed by atoms with Crippen molar-refractivity contribution in [1.82, 2.24) is 4.90 Å². The molecule has 0 radical (unpaired) electrons. The van der Waals surface area contributed by atoms with E-state index >= 15 is 4.39 Å². The van der Waals surface area contributed by atoms with Gasteiger partial charge in [0.25, 0.3) is 0 Å². The van der Waals surface area contributed by atoms with Gasteiger partial charge in [-0.25, -0.2) is 4.39 Å². The summed E-state index contributed by atoms with van der Waals surface area (Å²) >= 11 is 0. The van der Waals surface area contributed by atoms with Crippen molar-refractivity contribution < 1.29 is 19.4 Å². The van der Waals surface area contributed by atoms with Crippen LogP contribution in [0.25, 0.3) is 0 Å². The first-order chi connectivity index (χ1) is 23.3. The van der Waals surface area contributed by atoms with Crippen molar-refractivity contribution in [3.63, 3.8) is 0 Å². The Labute approximate surface area is 281 Å². The van der Waals surface area contributed by atoms with Crippen LogP contribution in [0.5, 0.6) is 5.75 Å².